The maximum Gasteiger partial charge on any atom is 0.472 e. The Morgan fingerprint density at radius 3 is 1.83 bits per heavy atom. The normalized spacial score (nSPS) is 13.9. The number of nitrogens with zero attached hydrogens (tertiary/aromatic N) is 1. The number of para-hydroxylation sites is 1. The minimum Gasteiger partial charge on any atom is -0.493 e. The number of phosphoric acid groups is 1. The van der Waals surface area contributed by atoms with Crippen LogP contribution in [0.1, 0.15) is 148 Å². The maximum atomic E-state index is 12.6. The van der Waals surface area contributed by atoms with E-state index in [1.807, 2.05) is 31.2 Å². The largest absolute Gasteiger partial charge is 0.493 e. The number of unbranched alkanes of at least 4 members (excludes halogenated alkanes) is 15. The zero-order valence-electron chi connectivity index (χ0n) is 30.4. The number of ether oxygens (including phenoxy) is 1. The summed E-state index contributed by atoms with van der Waals surface area (Å²) < 4.78 is 30.1. The predicted molar refractivity (Wildman–Crippen MR) is 192 cm³/mol. The lowest BCUT2D eigenvalue weighted by Crippen LogP contribution is -2.35. The van der Waals surface area contributed by atoms with Crippen molar-refractivity contribution in [3.63, 3.8) is 0 Å². The third kappa shape index (κ3) is 24.9. The van der Waals surface area contributed by atoms with Crippen molar-refractivity contribution in [1.82, 2.24) is 0 Å². The molecule has 46 heavy (non-hydrogen) atoms. The van der Waals surface area contributed by atoms with Crippen LogP contribution in [0.25, 0.3) is 0 Å². The predicted octanol–water partition coefficient (Wildman–Crippen LogP) is 10.5. The number of rotatable bonds is 32. The van der Waals surface area contributed by atoms with Crippen LogP contribution in [0, 0.1) is 5.92 Å². The van der Waals surface area contributed by atoms with Crippen molar-refractivity contribution in [1.29, 1.82) is 0 Å². The van der Waals surface area contributed by atoms with Crippen molar-refractivity contribution in [2.24, 2.45) is 5.92 Å². The van der Waals surface area contributed by atoms with E-state index in [1.165, 1.54) is 96.3 Å². The highest BCUT2D eigenvalue weighted by atomic mass is 31.2. The van der Waals surface area contributed by atoms with Crippen molar-refractivity contribution in [3.05, 3.63) is 29.8 Å². The Hall–Kier alpha value is -1.24. The Labute approximate surface area is 283 Å². The van der Waals surface area contributed by atoms with Crippen molar-refractivity contribution in [3.8, 4) is 5.75 Å². The fraction of sp³-hybridized carbons (Fsp3) is 0.816. The summed E-state index contributed by atoms with van der Waals surface area (Å²) in [7, 11) is 1.99. The lowest BCUT2D eigenvalue weighted by Gasteiger charge is -2.24. The Kier molecular flexibility index (Phi) is 24.8. The Morgan fingerprint density at radius 1 is 0.739 bits per heavy atom. The van der Waals surface area contributed by atoms with E-state index in [1.54, 1.807) is 0 Å². The molecule has 0 radical (unpaired) electrons. The minimum absolute atomic E-state index is 0.0218. The summed E-state index contributed by atoms with van der Waals surface area (Å²) in [6, 6.07) is 7.92. The first kappa shape index (κ1) is 42.8. The first-order chi connectivity index (χ1) is 22.1. The van der Waals surface area contributed by atoms with E-state index >= 15 is 0 Å². The molecule has 0 aliphatic heterocycles. The van der Waals surface area contributed by atoms with Gasteiger partial charge in [0, 0.05) is 19.3 Å². The van der Waals surface area contributed by atoms with Crippen molar-refractivity contribution in [2.75, 3.05) is 47.5 Å². The molecule has 0 amide bonds. The van der Waals surface area contributed by atoms with Crippen LogP contribution in [-0.2, 0) is 24.8 Å². The number of carbonyl (C=O) groups excluding carboxylic acids is 1. The third-order valence-corrected chi connectivity index (χ3v) is 9.47. The van der Waals surface area contributed by atoms with Gasteiger partial charge in [-0.05, 0) is 36.8 Å². The Morgan fingerprint density at radius 2 is 1.28 bits per heavy atom. The van der Waals surface area contributed by atoms with Gasteiger partial charge in [0.15, 0.2) is 0 Å². The van der Waals surface area contributed by atoms with Crippen LogP contribution < -0.4 is 4.74 Å². The van der Waals surface area contributed by atoms with Crippen molar-refractivity contribution in [2.45, 2.75) is 149 Å². The summed E-state index contributed by atoms with van der Waals surface area (Å²) in [5.41, 5.74) is 0.994. The molecular formula is C38H71NO6P+. The van der Waals surface area contributed by atoms with E-state index in [4.69, 9.17) is 13.8 Å². The first-order valence-corrected chi connectivity index (χ1v) is 20.2. The standard InChI is InChI=1S/C38H70NO6P/c1-6-8-9-10-11-12-13-14-15-16-17-18-19-20-21-24-30-43-38-28-23-22-27-36(38)32-35(33-37(40)26-7-2)34-45-46(41,42)44-31-25-29-39(3,4)5/h22-23,27-28,35H,6-21,24-26,29-34H2,1-5H3/p+1. The van der Waals surface area contributed by atoms with Crippen LogP contribution in [0.15, 0.2) is 24.3 Å². The lowest BCUT2D eigenvalue weighted by atomic mass is 9.93. The molecule has 1 aromatic rings. The Balaban J connectivity index is 2.37. The summed E-state index contributed by atoms with van der Waals surface area (Å²) >= 11 is 0. The molecular weight excluding hydrogens is 597 g/mol. The molecule has 1 N–H and O–H groups in total. The highest BCUT2D eigenvalue weighted by Gasteiger charge is 2.25. The second-order valence-corrected chi connectivity index (χ2v) is 15.7. The zero-order chi connectivity index (χ0) is 33.9. The molecule has 0 aromatic heterocycles. The second-order valence-electron chi connectivity index (χ2n) is 14.3. The third-order valence-electron chi connectivity index (χ3n) is 8.48. The summed E-state index contributed by atoms with van der Waals surface area (Å²) in [5.74, 6) is 0.717. The second kappa shape index (κ2) is 26.7. The summed E-state index contributed by atoms with van der Waals surface area (Å²) in [5, 5.41) is 0. The van der Waals surface area contributed by atoms with E-state index in [2.05, 4.69) is 28.1 Å². The molecule has 7 nitrogen and oxygen atoms in total. The molecule has 0 aliphatic rings. The quantitative estimate of drug-likeness (QED) is 0.0467. The summed E-state index contributed by atoms with van der Waals surface area (Å²) in [6.45, 7) is 5.88. The van der Waals surface area contributed by atoms with Gasteiger partial charge in [0.05, 0.1) is 47.5 Å². The van der Waals surface area contributed by atoms with Gasteiger partial charge in [0.1, 0.15) is 11.5 Å². The van der Waals surface area contributed by atoms with Gasteiger partial charge in [-0.25, -0.2) is 4.57 Å². The number of carbonyl (C=O) groups is 1. The average molecular weight is 669 g/mol. The van der Waals surface area contributed by atoms with Crippen LogP contribution in [0.4, 0.5) is 0 Å². The van der Waals surface area contributed by atoms with E-state index in [9.17, 15) is 14.3 Å². The molecule has 8 heteroatoms. The number of Topliss-reactive ketones (excluding diaryl/α,β-unsaturated/α-hetero) is 1. The Bertz CT molecular complexity index is 934. The number of benzene rings is 1. The molecule has 0 saturated heterocycles. The van der Waals surface area contributed by atoms with Gasteiger partial charge >= 0.3 is 7.82 Å². The van der Waals surface area contributed by atoms with Crippen molar-refractivity contribution >= 4 is 13.6 Å². The van der Waals surface area contributed by atoms with E-state index in [-0.39, 0.29) is 24.9 Å². The molecule has 0 heterocycles. The minimum atomic E-state index is -4.20. The van der Waals surface area contributed by atoms with Crippen LogP contribution >= 0.6 is 7.82 Å². The van der Waals surface area contributed by atoms with Crippen molar-refractivity contribution < 1.29 is 32.5 Å². The molecule has 2 unspecified atom stereocenters. The first-order valence-electron chi connectivity index (χ1n) is 18.7. The van der Waals surface area contributed by atoms with E-state index in [0.29, 0.717) is 32.3 Å². The highest BCUT2D eigenvalue weighted by Crippen LogP contribution is 2.44. The van der Waals surface area contributed by atoms with Gasteiger partial charge in [-0.1, -0.05) is 128 Å². The van der Waals surface area contributed by atoms with Gasteiger partial charge in [-0.15, -0.1) is 0 Å². The van der Waals surface area contributed by atoms with Crippen LogP contribution in [-0.4, -0.2) is 62.7 Å². The molecule has 0 spiro atoms. The van der Waals surface area contributed by atoms with Gasteiger partial charge in [-0.3, -0.25) is 13.8 Å². The molecule has 0 saturated carbocycles. The number of ketones is 1. The van der Waals surface area contributed by atoms with Crippen LogP contribution in [0.2, 0.25) is 0 Å². The smallest absolute Gasteiger partial charge is 0.472 e. The summed E-state index contributed by atoms with van der Waals surface area (Å²) in [6.07, 6.45) is 24.2. The zero-order valence-corrected chi connectivity index (χ0v) is 31.3. The molecule has 0 bridgehead atoms. The molecule has 2 atom stereocenters. The lowest BCUT2D eigenvalue weighted by molar-refractivity contribution is -0.870. The molecule has 0 aliphatic carbocycles. The topological polar surface area (TPSA) is 82.1 Å². The molecule has 1 aromatic carbocycles. The number of hydrogen-bond donors (Lipinski definition) is 1. The van der Waals surface area contributed by atoms with Gasteiger partial charge in [0.25, 0.3) is 0 Å². The van der Waals surface area contributed by atoms with Crippen LogP contribution in [0.3, 0.4) is 0 Å². The molecule has 268 valence electrons. The molecule has 1 rings (SSSR count). The number of phosphoric ester groups is 1. The maximum absolute atomic E-state index is 12.6. The van der Waals surface area contributed by atoms with Gasteiger partial charge < -0.3 is 14.1 Å². The number of hydrogen-bond acceptors (Lipinski definition) is 5. The van der Waals surface area contributed by atoms with Gasteiger partial charge in [0.2, 0.25) is 0 Å². The van der Waals surface area contributed by atoms with Crippen LogP contribution in [0.5, 0.6) is 5.75 Å². The highest BCUT2D eigenvalue weighted by molar-refractivity contribution is 7.47. The van der Waals surface area contributed by atoms with E-state index in [0.717, 1.165) is 35.2 Å². The number of quaternary nitrogens is 1. The molecule has 0 fully saturated rings. The SMILES string of the molecule is CCCCCCCCCCCCCCCCCCOc1ccccc1CC(COP(=O)(O)OCCC[N+](C)(C)C)CC(=O)CCC. The summed E-state index contributed by atoms with van der Waals surface area (Å²) in [4.78, 5) is 22.8. The average Bonchev–Trinajstić information content (AvgIpc) is 3.00. The van der Waals surface area contributed by atoms with E-state index < -0.39 is 7.82 Å². The fourth-order valence-corrected chi connectivity index (χ4v) is 6.64. The fourth-order valence-electron chi connectivity index (χ4n) is 5.81. The monoisotopic (exact) mass is 669 g/mol. The van der Waals surface area contributed by atoms with Gasteiger partial charge in [-0.2, -0.15) is 0 Å².